The van der Waals surface area contributed by atoms with Gasteiger partial charge in [-0.2, -0.15) is 0 Å². The molecule has 0 spiro atoms. The molecule has 0 heterocycles. The highest BCUT2D eigenvalue weighted by molar-refractivity contribution is 6.29. The van der Waals surface area contributed by atoms with E-state index in [1.165, 1.54) is 0 Å². The fourth-order valence-corrected chi connectivity index (χ4v) is 0.349. The molecule has 9 heavy (non-hydrogen) atoms. The van der Waals surface area contributed by atoms with Crippen molar-refractivity contribution in [3.63, 3.8) is 0 Å². The van der Waals surface area contributed by atoms with Gasteiger partial charge in [0.1, 0.15) is 0 Å². The van der Waals surface area contributed by atoms with Crippen molar-refractivity contribution in [2.75, 3.05) is 6.61 Å². The minimum atomic E-state index is -0.113. The lowest BCUT2D eigenvalue weighted by Crippen LogP contribution is -2.19. The van der Waals surface area contributed by atoms with Gasteiger partial charge in [-0.3, -0.25) is 0 Å². The summed E-state index contributed by atoms with van der Waals surface area (Å²) in [6.07, 6.45) is 0. The summed E-state index contributed by atoms with van der Waals surface area (Å²) in [6, 6.07) is 0. The Bertz CT molecular complexity index is 102. The lowest BCUT2D eigenvalue weighted by atomic mass is 10.2. The summed E-state index contributed by atoms with van der Waals surface area (Å²) in [5.74, 6) is 0. The van der Waals surface area contributed by atoms with Crippen LogP contribution in [0.3, 0.4) is 0 Å². The Morgan fingerprint density at radius 2 is 2.00 bits per heavy atom. The van der Waals surface area contributed by atoms with E-state index in [0.29, 0.717) is 11.6 Å². The Labute approximate surface area is 61.7 Å². The van der Waals surface area contributed by atoms with Crippen LogP contribution in [0.25, 0.3) is 0 Å². The smallest absolute Gasteiger partial charge is 0.0824 e. The Balaban J connectivity index is 3.39. The van der Waals surface area contributed by atoms with Crippen molar-refractivity contribution in [1.82, 2.24) is 0 Å². The lowest BCUT2D eigenvalue weighted by Gasteiger charge is -2.18. The van der Waals surface area contributed by atoms with Crippen LogP contribution in [-0.2, 0) is 4.74 Å². The van der Waals surface area contributed by atoms with E-state index in [2.05, 4.69) is 6.58 Å². The molecule has 0 N–H and O–H groups in total. The molecule has 54 valence electrons. The first-order valence-corrected chi connectivity index (χ1v) is 3.27. The normalized spacial score (nSPS) is 11.6. The maximum atomic E-state index is 5.46. The molecule has 0 fully saturated rings. The van der Waals surface area contributed by atoms with Crippen LogP contribution in [0.15, 0.2) is 11.6 Å². The molecule has 0 saturated carbocycles. The molecule has 0 unspecified atom stereocenters. The molecule has 0 aromatic carbocycles. The molecule has 0 atom stereocenters. The largest absolute Gasteiger partial charge is 0.370 e. The fourth-order valence-electron chi connectivity index (χ4n) is 0.295. The first-order chi connectivity index (χ1) is 3.92. The molecule has 0 bridgehead atoms. The molecule has 0 amide bonds. The van der Waals surface area contributed by atoms with E-state index in [0.717, 1.165) is 0 Å². The molecule has 0 radical (unpaired) electrons. The predicted octanol–water partition coefficient (Wildman–Crippen LogP) is 2.55. The number of rotatable bonds is 2. The standard InChI is InChI=1S/C7H13ClO/c1-6(8)5-9-7(2,3)4/h1,5H2,2-4H3. The van der Waals surface area contributed by atoms with E-state index in [1.807, 2.05) is 20.8 Å². The van der Waals surface area contributed by atoms with E-state index in [1.54, 1.807) is 0 Å². The molecule has 0 aliphatic heterocycles. The lowest BCUT2D eigenvalue weighted by molar-refractivity contribution is 0.0136. The molecule has 0 aromatic rings. The monoisotopic (exact) mass is 148 g/mol. The van der Waals surface area contributed by atoms with E-state index in [4.69, 9.17) is 16.3 Å². The van der Waals surface area contributed by atoms with Gasteiger partial charge in [0.05, 0.1) is 12.2 Å². The first kappa shape index (κ1) is 8.99. The fraction of sp³-hybridized carbons (Fsp3) is 0.714. The zero-order chi connectivity index (χ0) is 7.49. The summed E-state index contributed by atoms with van der Waals surface area (Å²) < 4.78 is 5.26. The van der Waals surface area contributed by atoms with Crippen molar-refractivity contribution in [1.29, 1.82) is 0 Å². The predicted molar refractivity (Wildman–Crippen MR) is 40.7 cm³/mol. The third-order valence-corrected chi connectivity index (χ3v) is 0.771. The van der Waals surface area contributed by atoms with Crippen LogP contribution in [0.1, 0.15) is 20.8 Å². The van der Waals surface area contributed by atoms with Crippen LogP contribution in [0.5, 0.6) is 0 Å². The zero-order valence-electron chi connectivity index (χ0n) is 6.20. The zero-order valence-corrected chi connectivity index (χ0v) is 6.96. The molecule has 1 nitrogen and oxygen atoms in total. The van der Waals surface area contributed by atoms with Gasteiger partial charge in [-0.15, -0.1) is 0 Å². The van der Waals surface area contributed by atoms with Crippen LogP contribution in [0.2, 0.25) is 0 Å². The highest BCUT2D eigenvalue weighted by Crippen LogP contribution is 2.09. The summed E-state index contributed by atoms with van der Waals surface area (Å²) in [5, 5.41) is 0.546. The average Bonchev–Trinajstić information content (AvgIpc) is 1.59. The quantitative estimate of drug-likeness (QED) is 0.585. The Morgan fingerprint density at radius 1 is 1.56 bits per heavy atom. The van der Waals surface area contributed by atoms with E-state index < -0.39 is 0 Å². The maximum absolute atomic E-state index is 5.46. The minimum Gasteiger partial charge on any atom is -0.370 e. The summed E-state index contributed by atoms with van der Waals surface area (Å²) in [6.45, 7) is 9.87. The van der Waals surface area contributed by atoms with Crippen molar-refractivity contribution in [2.24, 2.45) is 0 Å². The molecular weight excluding hydrogens is 136 g/mol. The van der Waals surface area contributed by atoms with Crippen molar-refractivity contribution < 1.29 is 4.74 Å². The van der Waals surface area contributed by atoms with Crippen molar-refractivity contribution in [3.8, 4) is 0 Å². The van der Waals surface area contributed by atoms with Gasteiger partial charge in [0.25, 0.3) is 0 Å². The maximum Gasteiger partial charge on any atom is 0.0824 e. The van der Waals surface area contributed by atoms with Gasteiger partial charge in [-0.1, -0.05) is 18.2 Å². The Hall–Kier alpha value is -0.0100. The molecular formula is C7H13ClO. The average molecular weight is 149 g/mol. The van der Waals surface area contributed by atoms with Gasteiger partial charge in [0.15, 0.2) is 0 Å². The molecule has 0 aliphatic rings. The topological polar surface area (TPSA) is 9.23 Å². The number of halogens is 1. The van der Waals surface area contributed by atoms with Gasteiger partial charge in [0, 0.05) is 5.03 Å². The summed E-state index contributed by atoms with van der Waals surface area (Å²) in [5.41, 5.74) is -0.113. The van der Waals surface area contributed by atoms with Crippen LogP contribution in [0, 0.1) is 0 Å². The SMILES string of the molecule is C=C(Cl)COC(C)(C)C. The molecule has 0 aromatic heterocycles. The Kier molecular flexibility index (Phi) is 3.23. The van der Waals surface area contributed by atoms with Crippen molar-refractivity contribution in [3.05, 3.63) is 11.6 Å². The molecule has 0 saturated heterocycles. The van der Waals surface area contributed by atoms with E-state index in [9.17, 15) is 0 Å². The second-order valence-corrected chi connectivity index (χ2v) is 3.45. The summed E-state index contributed by atoms with van der Waals surface area (Å²) in [4.78, 5) is 0. The summed E-state index contributed by atoms with van der Waals surface area (Å²) >= 11 is 5.46. The number of hydrogen-bond acceptors (Lipinski definition) is 1. The third kappa shape index (κ3) is 7.99. The highest BCUT2D eigenvalue weighted by Gasteiger charge is 2.08. The van der Waals surface area contributed by atoms with E-state index >= 15 is 0 Å². The molecule has 2 heteroatoms. The first-order valence-electron chi connectivity index (χ1n) is 2.89. The Morgan fingerprint density at radius 3 is 2.11 bits per heavy atom. The molecule has 0 rings (SSSR count). The number of hydrogen-bond donors (Lipinski definition) is 0. The van der Waals surface area contributed by atoms with Gasteiger partial charge in [0.2, 0.25) is 0 Å². The van der Waals surface area contributed by atoms with Crippen molar-refractivity contribution >= 4 is 11.6 Å². The second-order valence-electron chi connectivity index (χ2n) is 2.92. The minimum absolute atomic E-state index is 0.113. The number of ether oxygens (including phenoxy) is 1. The molecule has 0 aliphatic carbocycles. The van der Waals surface area contributed by atoms with E-state index in [-0.39, 0.29) is 5.60 Å². The van der Waals surface area contributed by atoms with Gasteiger partial charge < -0.3 is 4.74 Å². The van der Waals surface area contributed by atoms with Crippen LogP contribution >= 0.6 is 11.6 Å². The van der Waals surface area contributed by atoms with Crippen molar-refractivity contribution in [2.45, 2.75) is 26.4 Å². The van der Waals surface area contributed by atoms with Gasteiger partial charge in [-0.25, -0.2) is 0 Å². The van der Waals surface area contributed by atoms with Gasteiger partial charge >= 0.3 is 0 Å². The van der Waals surface area contributed by atoms with Gasteiger partial charge in [-0.05, 0) is 20.8 Å². The third-order valence-electron chi connectivity index (χ3n) is 0.662. The summed E-state index contributed by atoms with van der Waals surface area (Å²) in [7, 11) is 0. The van der Waals surface area contributed by atoms with Crippen LogP contribution in [-0.4, -0.2) is 12.2 Å². The van der Waals surface area contributed by atoms with Crippen LogP contribution < -0.4 is 0 Å². The van der Waals surface area contributed by atoms with Crippen LogP contribution in [0.4, 0.5) is 0 Å². The highest BCUT2D eigenvalue weighted by atomic mass is 35.5. The second kappa shape index (κ2) is 3.23.